The molecule has 0 spiro atoms. The van der Waals surface area contributed by atoms with Crippen LogP contribution < -0.4 is 5.32 Å². The van der Waals surface area contributed by atoms with Gasteiger partial charge in [-0.05, 0) is 28.8 Å². The van der Waals surface area contributed by atoms with Crippen molar-refractivity contribution in [3.8, 4) is 0 Å². The number of fused-ring (bicyclic) bond motifs is 2. The number of rotatable bonds is 1. The lowest BCUT2D eigenvalue weighted by atomic mass is 9.98. The summed E-state index contributed by atoms with van der Waals surface area (Å²) in [6.45, 7) is 1.50. The number of hydrogen-bond donors (Lipinski definition) is 1. The number of nitrogens with one attached hydrogen (secondary N) is 1. The van der Waals surface area contributed by atoms with Gasteiger partial charge in [0.2, 0.25) is 0 Å². The molecule has 3 rings (SSSR count). The van der Waals surface area contributed by atoms with Gasteiger partial charge in [0, 0.05) is 18.4 Å². The Labute approximate surface area is 96.6 Å². The van der Waals surface area contributed by atoms with E-state index in [0.29, 0.717) is 12.6 Å². The fourth-order valence-electron chi connectivity index (χ4n) is 2.37. The lowest BCUT2D eigenvalue weighted by Gasteiger charge is -2.32. The molecule has 2 atom stereocenters. The SMILES string of the molecule is Brc1cnc(C23CCC(COC2)N3)nc1. The molecule has 2 fully saturated rings. The van der Waals surface area contributed by atoms with Crippen LogP contribution in [0.25, 0.3) is 0 Å². The topological polar surface area (TPSA) is 47.0 Å². The first kappa shape index (κ1) is 9.69. The summed E-state index contributed by atoms with van der Waals surface area (Å²) in [5.74, 6) is 0.855. The number of hydrogen-bond acceptors (Lipinski definition) is 4. The fourth-order valence-corrected chi connectivity index (χ4v) is 2.58. The summed E-state index contributed by atoms with van der Waals surface area (Å²) in [5.41, 5.74) is -0.135. The molecule has 3 heterocycles. The Morgan fingerprint density at radius 2 is 2.27 bits per heavy atom. The third-order valence-electron chi connectivity index (χ3n) is 3.12. The smallest absolute Gasteiger partial charge is 0.150 e. The monoisotopic (exact) mass is 269 g/mol. The second kappa shape index (κ2) is 3.50. The van der Waals surface area contributed by atoms with E-state index in [2.05, 4.69) is 31.2 Å². The highest BCUT2D eigenvalue weighted by Gasteiger charge is 2.45. The van der Waals surface area contributed by atoms with Gasteiger partial charge < -0.3 is 4.74 Å². The zero-order valence-electron chi connectivity index (χ0n) is 8.24. The van der Waals surface area contributed by atoms with Crippen molar-refractivity contribution in [2.45, 2.75) is 24.4 Å². The molecule has 1 aromatic heterocycles. The maximum absolute atomic E-state index is 5.59. The highest BCUT2D eigenvalue weighted by molar-refractivity contribution is 9.10. The predicted molar refractivity (Wildman–Crippen MR) is 58.4 cm³/mol. The van der Waals surface area contributed by atoms with Crippen molar-refractivity contribution in [1.82, 2.24) is 15.3 Å². The lowest BCUT2D eigenvalue weighted by molar-refractivity contribution is 0.0252. The van der Waals surface area contributed by atoms with Crippen molar-refractivity contribution in [2.24, 2.45) is 0 Å². The Bertz CT molecular complexity index is 365. The molecule has 0 amide bonds. The highest BCUT2D eigenvalue weighted by Crippen LogP contribution is 2.35. The molecule has 2 saturated heterocycles. The van der Waals surface area contributed by atoms with Crippen LogP contribution in [0.2, 0.25) is 0 Å². The van der Waals surface area contributed by atoms with Crippen molar-refractivity contribution >= 4 is 15.9 Å². The van der Waals surface area contributed by atoms with Crippen molar-refractivity contribution in [2.75, 3.05) is 13.2 Å². The number of ether oxygens (including phenoxy) is 1. The molecular weight excluding hydrogens is 258 g/mol. The van der Waals surface area contributed by atoms with Gasteiger partial charge in [-0.25, -0.2) is 9.97 Å². The maximum Gasteiger partial charge on any atom is 0.150 e. The third-order valence-corrected chi connectivity index (χ3v) is 3.53. The Morgan fingerprint density at radius 3 is 3.07 bits per heavy atom. The van der Waals surface area contributed by atoms with Crippen LogP contribution in [-0.2, 0) is 10.3 Å². The second-order valence-electron chi connectivity index (χ2n) is 4.20. The van der Waals surface area contributed by atoms with Crippen LogP contribution in [0.5, 0.6) is 0 Å². The molecule has 2 unspecified atom stereocenters. The third kappa shape index (κ3) is 1.58. The molecule has 0 aliphatic carbocycles. The van der Waals surface area contributed by atoms with E-state index in [4.69, 9.17) is 4.74 Å². The highest BCUT2D eigenvalue weighted by atomic mass is 79.9. The fraction of sp³-hybridized carbons (Fsp3) is 0.600. The number of aromatic nitrogens is 2. The zero-order chi connectivity index (χ0) is 10.3. The average molecular weight is 270 g/mol. The summed E-state index contributed by atoms with van der Waals surface area (Å²) < 4.78 is 6.50. The van der Waals surface area contributed by atoms with E-state index in [-0.39, 0.29) is 5.54 Å². The summed E-state index contributed by atoms with van der Waals surface area (Å²) in [5, 5.41) is 3.57. The van der Waals surface area contributed by atoms with Gasteiger partial charge in [0.15, 0.2) is 5.82 Å². The molecule has 0 aromatic carbocycles. The van der Waals surface area contributed by atoms with Crippen molar-refractivity contribution in [1.29, 1.82) is 0 Å². The first-order chi connectivity index (χ1) is 7.28. The number of halogens is 1. The molecule has 0 saturated carbocycles. The quantitative estimate of drug-likeness (QED) is 0.833. The molecule has 0 radical (unpaired) electrons. The molecule has 80 valence electrons. The summed E-state index contributed by atoms with van der Waals surface area (Å²) in [6.07, 6.45) is 5.81. The van der Waals surface area contributed by atoms with Gasteiger partial charge in [0.25, 0.3) is 0 Å². The summed E-state index contributed by atoms with van der Waals surface area (Å²) >= 11 is 3.34. The van der Waals surface area contributed by atoms with Gasteiger partial charge in [0.1, 0.15) is 5.54 Å². The van der Waals surface area contributed by atoms with E-state index in [9.17, 15) is 0 Å². The molecule has 2 bridgehead atoms. The molecule has 1 N–H and O–H groups in total. The van der Waals surface area contributed by atoms with E-state index in [1.54, 1.807) is 12.4 Å². The largest absolute Gasteiger partial charge is 0.377 e. The Morgan fingerprint density at radius 1 is 1.47 bits per heavy atom. The van der Waals surface area contributed by atoms with Crippen LogP contribution >= 0.6 is 15.9 Å². The Balaban J connectivity index is 1.95. The van der Waals surface area contributed by atoms with Crippen LogP contribution in [-0.4, -0.2) is 29.2 Å². The predicted octanol–water partition coefficient (Wildman–Crippen LogP) is 1.22. The molecule has 1 aromatic rings. The van der Waals surface area contributed by atoms with Crippen LogP contribution in [0.1, 0.15) is 18.7 Å². The maximum atomic E-state index is 5.59. The molecular formula is C10H12BrN3O. The Hall–Kier alpha value is -0.520. The van der Waals surface area contributed by atoms with Crippen LogP contribution in [0.3, 0.4) is 0 Å². The van der Waals surface area contributed by atoms with Gasteiger partial charge in [-0.15, -0.1) is 0 Å². The minimum absolute atomic E-state index is 0.135. The van der Waals surface area contributed by atoms with Gasteiger partial charge in [-0.3, -0.25) is 5.32 Å². The second-order valence-corrected chi connectivity index (χ2v) is 5.12. The van der Waals surface area contributed by atoms with E-state index >= 15 is 0 Å². The van der Waals surface area contributed by atoms with E-state index in [1.165, 1.54) is 0 Å². The molecule has 5 heteroatoms. The van der Waals surface area contributed by atoms with Crippen molar-refractivity contribution in [3.05, 3.63) is 22.7 Å². The summed E-state index contributed by atoms with van der Waals surface area (Å²) in [6, 6.07) is 0.478. The first-order valence-electron chi connectivity index (χ1n) is 5.12. The Kier molecular flexibility index (Phi) is 2.26. The van der Waals surface area contributed by atoms with E-state index < -0.39 is 0 Å². The number of nitrogens with zero attached hydrogens (tertiary/aromatic N) is 2. The van der Waals surface area contributed by atoms with Crippen LogP contribution in [0.15, 0.2) is 16.9 Å². The van der Waals surface area contributed by atoms with Gasteiger partial charge in [0.05, 0.1) is 17.7 Å². The van der Waals surface area contributed by atoms with Crippen LogP contribution in [0, 0.1) is 0 Å². The van der Waals surface area contributed by atoms with Gasteiger partial charge in [-0.1, -0.05) is 0 Å². The summed E-state index contributed by atoms with van der Waals surface area (Å²) in [7, 11) is 0. The molecule has 15 heavy (non-hydrogen) atoms. The van der Waals surface area contributed by atoms with Gasteiger partial charge in [-0.2, -0.15) is 0 Å². The van der Waals surface area contributed by atoms with Crippen LogP contribution in [0.4, 0.5) is 0 Å². The molecule has 2 aliphatic rings. The van der Waals surface area contributed by atoms with E-state index in [1.807, 2.05) is 0 Å². The standard InChI is InChI=1S/C10H12BrN3O/c11-7-3-12-9(13-4-7)10-2-1-8(14-10)5-15-6-10/h3-4,8,14H,1-2,5-6H2. The lowest BCUT2D eigenvalue weighted by Crippen LogP contribution is -2.51. The first-order valence-corrected chi connectivity index (χ1v) is 5.91. The average Bonchev–Trinajstić information content (AvgIpc) is 2.56. The normalized spacial score (nSPS) is 34.3. The minimum atomic E-state index is -0.135. The molecule has 4 nitrogen and oxygen atoms in total. The zero-order valence-corrected chi connectivity index (χ0v) is 9.83. The molecule has 2 aliphatic heterocycles. The summed E-state index contributed by atoms with van der Waals surface area (Å²) in [4.78, 5) is 8.74. The van der Waals surface area contributed by atoms with Crippen molar-refractivity contribution < 1.29 is 4.74 Å². The number of morpholine rings is 1. The van der Waals surface area contributed by atoms with Crippen molar-refractivity contribution in [3.63, 3.8) is 0 Å². The van der Waals surface area contributed by atoms with E-state index in [0.717, 1.165) is 29.7 Å². The van der Waals surface area contributed by atoms with Gasteiger partial charge >= 0.3 is 0 Å². The minimum Gasteiger partial charge on any atom is -0.377 e.